The summed E-state index contributed by atoms with van der Waals surface area (Å²) >= 11 is 5.79. The van der Waals surface area contributed by atoms with Gasteiger partial charge in [0.1, 0.15) is 16.7 Å². The summed E-state index contributed by atoms with van der Waals surface area (Å²) in [5.74, 6) is 0.654. The van der Waals surface area contributed by atoms with Crippen molar-refractivity contribution < 1.29 is 13.5 Å². The third kappa shape index (κ3) is 4.42. The summed E-state index contributed by atoms with van der Waals surface area (Å²) in [5, 5.41) is 3.33. The monoisotopic (exact) mass is 314 g/mol. The lowest BCUT2D eigenvalue weighted by Gasteiger charge is -2.15. The first-order valence-corrected chi connectivity index (χ1v) is 6.43. The van der Waals surface area contributed by atoms with Gasteiger partial charge in [0.15, 0.2) is 0 Å². The average molecular weight is 315 g/mol. The standard InChI is InChI=1S/C13H13ClF2N4O/c1-7(18-11-6-10(14)19-13(17)20-11)8-2-4-9(5-3-8)21-12(15)16/h2-7,12H,1H3,(H3,17,18,19,20). The van der Waals surface area contributed by atoms with Crippen LogP contribution in [-0.4, -0.2) is 16.6 Å². The van der Waals surface area contributed by atoms with Gasteiger partial charge in [0.2, 0.25) is 5.95 Å². The fraction of sp³-hybridized carbons (Fsp3) is 0.231. The number of nitrogens with two attached hydrogens (primary N) is 1. The molecule has 0 aliphatic carbocycles. The fourth-order valence-electron chi connectivity index (χ4n) is 1.75. The molecule has 0 fully saturated rings. The minimum atomic E-state index is -2.84. The highest BCUT2D eigenvalue weighted by molar-refractivity contribution is 6.29. The summed E-state index contributed by atoms with van der Waals surface area (Å²) in [6, 6.07) is 7.73. The number of anilines is 2. The molecule has 2 rings (SSSR count). The van der Waals surface area contributed by atoms with E-state index in [0.717, 1.165) is 5.56 Å². The van der Waals surface area contributed by atoms with E-state index in [1.165, 1.54) is 12.1 Å². The molecule has 2 aromatic rings. The number of alkyl halides is 2. The lowest BCUT2D eigenvalue weighted by molar-refractivity contribution is -0.0498. The molecule has 8 heteroatoms. The molecule has 1 heterocycles. The summed E-state index contributed by atoms with van der Waals surface area (Å²) in [4.78, 5) is 7.76. The maximum Gasteiger partial charge on any atom is 0.387 e. The van der Waals surface area contributed by atoms with Crippen LogP contribution in [0.1, 0.15) is 18.5 Å². The van der Waals surface area contributed by atoms with Crippen molar-refractivity contribution in [1.29, 1.82) is 0 Å². The average Bonchev–Trinajstić information content (AvgIpc) is 2.37. The van der Waals surface area contributed by atoms with E-state index in [0.29, 0.717) is 5.82 Å². The van der Waals surface area contributed by atoms with Gasteiger partial charge >= 0.3 is 6.61 Å². The Bertz CT molecular complexity index is 589. The molecular formula is C13H13ClF2N4O. The quantitative estimate of drug-likeness (QED) is 0.826. The maximum atomic E-state index is 12.1. The van der Waals surface area contributed by atoms with Crippen LogP contribution in [0.4, 0.5) is 20.5 Å². The van der Waals surface area contributed by atoms with Gasteiger partial charge in [-0.15, -0.1) is 0 Å². The van der Waals surface area contributed by atoms with Crippen LogP contribution in [0.5, 0.6) is 5.75 Å². The van der Waals surface area contributed by atoms with E-state index < -0.39 is 6.61 Å². The van der Waals surface area contributed by atoms with Crippen molar-refractivity contribution in [1.82, 2.24) is 9.97 Å². The smallest absolute Gasteiger partial charge is 0.387 e. The Hall–Kier alpha value is -2.15. The van der Waals surface area contributed by atoms with Crippen molar-refractivity contribution in [2.24, 2.45) is 0 Å². The van der Waals surface area contributed by atoms with Crippen LogP contribution in [0.15, 0.2) is 30.3 Å². The number of rotatable bonds is 5. The number of halogens is 3. The van der Waals surface area contributed by atoms with Gasteiger partial charge in [-0.05, 0) is 24.6 Å². The number of nitrogens with zero attached hydrogens (tertiary/aromatic N) is 2. The van der Waals surface area contributed by atoms with Crippen molar-refractivity contribution in [3.63, 3.8) is 0 Å². The highest BCUT2D eigenvalue weighted by Gasteiger charge is 2.09. The van der Waals surface area contributed by atoms with Gasteiger partial charge < -0.3 is 15.8 Å². The van der Waals surface area contributed by atoms with Crippen LogP contribution < -0.4 is 15.8 Å². The second kappa shape index (κ2) is 6.53. The Kier molecular flexibility index (Phi) is 4.74. The molecule has 21 heavy (non-hydrogen) atoms. The first-order chi connectivity index (χ1) is 9.94. The number of nitrogen functional groups attached to an aromatic ring is 1. The largest absolute Gasteiger partial charge is 0.435 e. The highest BCUT2D eigenvalue weighted by atomic mass is 35.5. The molecule has 0 aliphatic rings. The molecule has 0 aliphatic heterocycles. The molecular weight excluding hydrogens is 302 g/mol. The van der Waals surface area contributed by atoms with Gasteiger partial charge in [-0.2, -0.15) is 13.8 Å². The molecule has 112 valence electrons. The molecule has 1 unspecified atom stereocenters. The van der Waals surface area contributed by atoms with Crippen LogP contribution in [0, 0.1) is 0 Å². The van der Waals surface area contributed by atoms with E-state index in [9.17, 15) is 8.78 Å². The van der Waals surface area contributed by atoms with Crippen LogP contribution >= 0.6 is 11.6 Å². The normalized spacial score (nSPS) is 12.2. The van der Waals surface area contributed by atoms with Crippen LogP contribution in [0.3, 0.4) is 0 Å². The SMILES string of the molecule is CC(Nc1cc(Cl)nc(N)n1)c1ccc(OC(F)F)cc1. The predicted octanol–water partition coefficient (Wildman–Crippen LogP) is 3.49. The number of ether oxygens (including phenoxy) is 1. The summed E-state index contributed by atoms with van der Waals surface area (Å²) in [6.45, 7) is -0.952. The third-order valence-electron chi connectivity index (χ3n) is 2.68. The number of benzene rings is 1. The van der Waals surface area contributed by atoms with E-state index >= 15 is 0 Å². The third-order valence-corrected chi connectivity index (χ3v) is 2.88. The zero-order valence-corrected chi connectivity index (χ0v) is 11.8. The van der Waals surface area contributed by atoms with E-state index in [4.69, 9.17) is 17.3 Å². The Morgan fingerprint density at radius 2 is 1.90 bits per heavy atom. The predicted molar refractivity (Wildman–Crippen MR) is 76.6 cm³/mol. The minimum absolute atomic E-state index is 0.0675. The van der Waals surface area contributed by atoms with Crippen LogP contribution in [0.25, 0.3) is 0 Å². The van der Waals surface area contributed by atoms with Gasteiger partial charge in [0.25, 0.3) is 0 Å². The van der Waals surface area contributed by atoms with Crippen molar-refractivity contribution in [2.75, 3.05) is 11.1 Å². The Morgan fingerprint density at radius 1 is 1.24 bits per heavy atom. The van der Waals surface area contributed by atoms with E-state index in [-0.39, 0.29) is 22.9 Å². The van der Waals surface area contributed by atoms with Crippen molar-refractivity contribution in [3.8, 4) is 5.75 Å². The Morgan fingerprint density at radius 3 is 2.48 bits per heavy atom. The van der Waals surface area contributed by atoms with Gasteiger partial charge in [0.05, 0.1) is 0 Å². The molecule has 1 atom stereocenters. The summed E-state index contributed by atoms with van der Waals surface area (Å²) in [7, 11) is 0. The molecule has 0 spiro atoms. The summed E-state index contributed by atoms with van der Waals surface area (Å²) < 4.78 is 28.4. The second-order valence-corrected chi connectivity index (χ2v) is 4.63. The zero-order valence-electron chi connectivity index (χ0n) is 11.1. The lowest BCUT2D eigenvalue weighted by atomic mass is 10.1. The Balaban J connectivity index is 2.07. The minimum Gasteiger partial charge on any atom is -0.435 e. The molecule has 1 aromatic heterocycles. The molecule has 3 N–H and O–H groups in total. The van der Waals surface area contributed by atoms with Gasteiger partial charge in [-0.3, -0.25) is 0 Å². The maximum absolute atomic E-state index is 12.1. The van der Waals surface area contributed by atoms with Gasteiger partial charge in [-0.1, -0.05) is 23.7 Å². The van der Waals surface area contributed by atoms with Crippen molar-refractivity contribution >= 4 is 23.4 Å². The number of aromatic nitrogens is 2. The topological polar surface area (TPSA) is 73.1 Å². The molecule has 0 bridgehead atoms. The van der Waals surface area contributed by atoms with Crippen LogP contribution in [0.2, 0.25) is 5.15 Å². The fourth-order valence-corrected chi connectivity index (χ4v) is 1.94. The number of nitrogens with one attached hydrogen (secondary N) is 1. The zero-order chi connectivity index (χ0) is 15.4. The van der Waals surface area contributed by atoms with Gasteiger partial charge in [0, 0.05) is 12.1 Å². The molecule has 0 radical (unpaired) electrons. The highest BCUT2D eigenvalue weighted by Crippen LogP contribution is 2.23. The van der Waals surface area contributed by atoms with E-state index in [1.54, 1.807) is 18.2 Å². The molecule has 0 saturated heterocycles. The van der Waals surface area contributed by atoms with Crippen LogP contribution in [-0.2, 0) is 0 Å². The van der Waals surface area contributed by atoms with Crippen molar-refractivity contribution in [3.05, 3.63) is 41.0 Å². The molecule has 5 nitrogen and oxygen atoms in total. The second-order valence-electron chi connectivity index (χ2n) is 4.25. The summed E-state index contributed by atoms with van der Waals surface area (Å²) in [6.07, 6.45) is 0. The first kappa shape index (κ1) is 15.2. The van der Waals surface area contributed by atoms with E-state index in [2.05, 4.69) is 20.0 Å². The lowest BCUT2D eigenvalue weighted by Crippen LogP contribution is -2.09. The number of hydrogen-bond donors (Lipinski definition) is 2. The van der Waals surface area contributed by atoms with Crippen molar-refractivity contribution in [2.45, 2.75) is 19.6 Å². The molecule has 0 amide bonds. The van der Waals surface area contributed by atoms with E-state index in [1.807, 2.05) is 6.92 Å². The van der Waals surface area contributed by atoms with Gasteiger partial charge in [-0.25, -0.2) is 4.98 Å². The first-order valence-electron chi connectivity index (χ1n) is 6.05. The Labute approximate surface area is 125 Å². The molecule has 0 saturated carbocycles. The molecule has 1 aromatic carbocycles. The summed E-state index contributed by atoms with van der Waals surface area (Å²) in [5.41, 5.74) is 6.37. The number of hydrogen-bond acceptors (Lipinski definition) is 5.